The molecule has 2 aliphatic heterocycles. The van der Waals surface area contributed by atoms with Gasteiger partial charge in [-0.25, -0.2) is 0 Å². The zero-order chi connectivity index (χ0) is 27.2. The first-order chi connectivity index (χ1) is 19.1. The molecule has 2 aromatic carbocycles. The maximum absolute atomic E-state index is 12.9. The van der Waals surface area contributed by atoms with Gasteiger partial charge in [-0.1, -0.05) is 31.4 Å². The number of thioether (sulfide) groups is 1. The lowest BCUT2D eigenvalue weighted by Crippen LogP contribution is -2.35. The number of rotatable bonds is 10. The normalized spacial score (nSPS) is 18.5. The number of hydrogen-bond acceptors (Lipinski definition) is 8. The Morgan fingerprint density at radius 1 is 1.03 bits per heavy atom. The predicted molar refractivity (Wildman–Crippen MR) is 153 cm³/mol. The molecule has 1 saturated carbocycles. The molecule has 0 aromatic heterocycles. The van der Waals surface area contributed by atoms with Gasteiger partial charge in [0.15, 0.2) is 17.3 Å². The van der Waals surface area contributed by atoms with E-state index < -0.39 is 5.91 Å². The summed E-state index contributed by atoms with van der Waals surface area (Å²) in [5, 5.41) is 16.3. The lowest BCUT2D eigenvalue weighted by molar-refractivity contribution is -0.114. The van der Waals surface area contributed by atoms with Crippen LogP contribution in [-0.2, 0) is 4.79 Å². The van der Waals surface area contributed by atoms with Gasteiger partial charge >= 0.3 is 0 Å². The molecule has 0 radical (unpaired) electrons. The standard InChI is InChI=1S/C29H32N4O5S/c1-3-36-25-17-19(12-13-24(25)38-15-14-37-22-11-7-10-21(18-22)35-2)16-23-26(30)33-29(31-27(23)34)39-28(32-33)20-8-5-4-6-9-20/h7,10-13,16-18,20,30H,3-6,8-9,14-15H2,1-2H3/b23-16-,30-26?. The number of amidine groups is 2. The highest BCUT2D eigenvalue weighted by Crippen LogP contribution is 2.36. The van der Waals surface area contributed by atoms with Crippen LogP contribution in [0.15, 0.2) is 58.1 Å². The predicted octanol–water partition coefficient (Wildman–Crippen LogP) is 5.75. The van der Waals surface area contributed by atoms with Crippen LogP contribution >= 0.6 is 11.8 Å². The zero-order valence-corrected chi connectivity index (χ0v) is 23.0. The van der Waals surface area contributed by atoms with Crippen molar-refractivity contribution in [1.29, 1.82) is 5.41 Å². The Bertz CT molecular complexity index is 1330. The molecule has 1 amide bonds. The van der Waals surface area contributed by atoms with Crippen LogP contribution in [0.3, 0.4) is 0 Å². The van der Waals surface area contributed by atoms with E-state index in [1.807, 2.05) is 37.3 Å². The molecule has 2 aromatic rings. The molecule has 0 saturated heterocycles. The number of nitrogens with one attached hydrogen (secondary N) is 1. The monoisotopic (exact) mass is 548 g/mol. The number of hydrazone groups is 1. The SMILES string of the molecule is CCOc1cc(/C=C2/C(=N)N3N=C(C4CCCCC4)SC3=NC2=O)ccc1OCCOc1cccc(OC)c1. The van der Waals surface area contributed by atoms with E-state index in [0.717, 1.165) is 23.6 Å². The maximum Gasteiger partial charge on any atom is 0.283 e. The highest BCUT2D eigenvalue weighted by atomic mass is 32.2. The second kappa shape index (κ2) is 12.4. The summed E-state index contributed by atoms with van der Waals surface area (Å²) in [6.45, 7) is 2.99. The van der Waals surface area contributed by atoms with Crippen LogP contribution in [0.4, 0.5) is 0 Å². The van der Waals surface area contributed by atoms with Gasteiger partial charge in [0.2, 0.25) is 5.17 Å². The van der Waals surface area contributed by atoms with Crippen molar-refractivity contribution < 1.29 is 23.7 Å². The van der Waals surface area contributed by atoms with Crippen molar-refractivity contribution in [3.8, 4) is 23.0 Å². The van der Waals surface area contributed by atoms with E-state index in [0.29, 0.717) is 53.7 Å². The van der Waals surface area contributed by atoms with Crippen molar-refractivity contribution in [2.24, 2.45) is 16.0 Å². The van der Waals surface area contributed by atoms with Crippen LogP contribution in [0.5, 0.6) is 23.0 Å². The minimum atomic E-state index is -0.438. The molecule has 3 aliphatic rings. The molecule has 1 N–H and O–H groups in total. The number of benzene rings is 2. The number of carbonyl (C=O) groups excluding carboxylic acids is 1. The smallest absolute Gasteiger partial charge is 0.283 e. The van der Waals surface area contributed by atoms with Crippen molar-refractivity contribution in [2.75, 3.05) is 26.9 Å². The number of ether oxygens (including phenoxy) is 4. The number of carbonyl (C=O) groups is 1. The molecule has 204 valence electrons. The van der Waals surface area contributed by atoms with Crippen LogP contribution in [0.25, 0.3) is 6.08 Å². The third kappa shape index (κ3) is 6.27. The van der Waals surface area contributed by atoms with Gasteiger partial charge in [-0.3, -0.25) is 10.2 Å². The summed E-state index contributed by atoms with van der Waals surface area (Å²) < 4.78 is 22.7. The fourth-order valence-electron chi connectivity index (χ4n) is 4.69. The van der Waals surface area contributed by atoms with Crippen LogP contribution in [0.2, 0.25) is 0 Å². The molecular weight excluding hydrogens is 516 g/mol. The van der Waals surface area contributed by atoms with Crippen molar-refractivity contribution in [3.63, 3.8) is 0 Å². The molecule has 0 atom stereocenters. The molecule has 10 heteroatoms. The Morgan fingerprint density at radius 3 is 2.62 bits per heavy atom. The number of hydrogen-bond donors (Lipinski definition) is 1. The second-order valence-electron chi connectivity index (χ2n) is 9.31. The van der Waals surface area contributed by atoms with Crippen LogP contribution in [-0.4, -0.2) is 53.9 Å². The van der Waals surface area contributed by atoms with Gasteiger partial charge in [-0.15, -0.1) is 0 Å². The van der Waals surface area contributed by atoms with Gasteiger partial charge in [0, 0.05) is 12.0 Å². The van der Waals surface area contributed by atoms with E-state index in [2.05, 4.69) is 10.1 Å². The van der Waals surface area contributed by atoms with Gasteiger partial charge in [0.05, 0.1) is 19.3 Å². The second-order valence-corrected chi connectivity index (χ2v) is 10.3. The molecule has 9 nitrogen and oxygen atoms in total. The number of amides is 1. The van der Waals surface area contributed by atoms with Crippen molar-refractivity contribution >= 4 is 39.8 Å². The molecule has 1 fully saturated rings. The van der Waals surface area contributed by atoms with Gasteiger partial charge in [-0.2, -0.15) is 15.1 Å². The van der Waals surface area contributed by atoms with E-state index in [1.54, 1.807) is 25.3 Å². The molecule has 2 heterocycles. The fourth-order valence-corrected chi connectivity index (χ4v) is 5.75. The maximum atomic E-state index is 12.9. The Labute approximate surface area is 232 Å². The lowest BCUT2D eigenvalue weighted by atomic mass is 9.90. The molecule has 1 aliphatic carbocycles. The Balaban J connectivity index is 1.26. The fraction of sp³-hybridized carbons (Fsp3) is 0.379. The van der Waals surface area contributed by atoms with Crippen LogP contribution < -0.4 is 18.9 Å². The van der Waals surface area contributed by atoms with Gasteiger partial charge in [-0.05, 0) is 67.4 Å². The minimum Gasteiger partial charge on any atom is -0.497 e. The average molecular weight is 549 g/mol. The zero-order valence-electron chi connectivity index (χ0n) is 22.1. The summed E-state index contributed by atoms with van der Waals surface area (Å²) in [5.41, 5.74) is 0.893. The number of methoxy groups -OCH3 is 1. The number of nitrogens with zero attached hydrogens (tertiary/aromatic N) is 3. The minimum absolute atomic E-state index is 0.0382. The number of fused-ring (bicyclic) bond motifs is 1. The molecule has 5 rings (SSSR count). The lowest BCUT2D eigenvalue weighted by Gasteiger charge is -2.20. The third-order valence-corrected chi connectivity index (χ3v) is 7.72. The van der Waals surface area contributed by atoms with Crippen LogP contribution in [0.1, 0.15) is 44.6 Å². The van der Waals surface area contributed by atoms with E-state index in [1.165, 1.54) is 36.0 Å². The van der Waals surface area contributed by atoms with E-state index in [-0.39, 0.29) is 11.4 Å². The molecular formula is C29H32N4O5S. The van der Waals surface area contributed by atoms with E-state index >= 15 is 0 Å². The quantitative estimate of drug-likeness (QED) is 0.298. The molecule has 39 heavy (non-hydrogen) atoms. The van der Waals surface area contributed by atoms with E-state index in [9.17, 15) is 4.79 Å². The first-order valence-electron chi connectivity index (χ1n) is 13.2. The Kier molecular flexibility index (Phi) is 8.51. The summed E-state index contributed by atoms with van der Waals surface area (Å²) in [7, 11) is 1.61. The van der Waals surface area contributed by atoms with E-state index in [4.69, 9.17) is 24.4 Å². The number of aliphatic imine (C=N–C) groups is 1. The highest BCUT2D eigenvalue weighted by molar-refractivity contribution is 8.27. The van der Waals surface area contributed by atoms with Crippen molar-refractivity contribution in [2.45, 2.75) is 39.0 Å². The molecule has 0 spiro atoms. The summed E-state index contributed by atoms with van der Waals surface area (Å²) in [4.78, 5) is 17.1. The summed E-state index contributed by atoms with van der Waals surface area (Å²) >= 11 is 1.42. The highest BCUT2D eigenvalue weighted by Gasteiger charge is 2.38. The first-order valence-corrected chi connectivity index (χ1v) is 14.0. The van der Waals surface area contributed by atoms with Gasteiger partial charge in [0.25, 0.3) is 5.91 Å². The van der Waals surface area contributed by atoms with Gasteiger partial charge in [0.1, 0.15) is 29.8 Å². The van der Waals surface area contributed by atoms with Crippen molar-refractivity contribution in [1.82, 2.24) is 5.01 Å². The third-order valence-electron chi connectivity index (χ3n) is 6.65. The summed E-state index contributed by atoms with van der Waals surface area (Å²) in [5.74, 6) is 2.51. The largest absolute Gasteiger partial charge is 0.497 e. The summed E-state index contributed by atoms with van der Waals surface area (Å²) in [6.07, 6.45) is 7.48. The first kappa shape index (κ1) is 26.8. The molecule has 0 bridgehead atoms. The average Bonchev–Trinajstić information content (AvgIpc) is 3.39. The topological polar surface area (TPSA) is 106 Å². The molecule has 0 unspecified atom stereocenters. The Hall–Kier alpha value is -3.79. The van der Waals surface area contributed by atoms with Crippen LogP contribution in [0, 0.1) is 11.3 Å². The summed E-state index contributed by atoms with van der Waals surface area (Å²) in [6, 6.07) is 12.8. The Morgan fingerprint density at radius 2 is 1.82 bits per heavy atom. The van der Waals surface area contributed by atoms with Crippen molar-refractivity contribution in [3.05, 3.63) is 53.6 Å². The van der Waals surface area contributed by atoms with Gasteiger partial charge < -0.3 is 18.9 Å².